The number of aliphatic hydroxyl groups is 1. The minimum Gasteiger partial charge on any atom is -0.478 e. The summed E-state index contributed by atoms with van der Waals surface area (Å²) in [4.78, 5) is 22.4. The Kier molecular flexibility index (Phi) is 4.98. The van der Waals surface area contributed by atoms with Gasteiger partial charge in [0.1, 0.15) is 11.5 Å². The monoisotopic (exact) mass is 286 g/mol. The number of nitro benzene ring substituents is 1. The van der Waals surface area contributed by atoms with Crippen molar-refractivity contribution in [1.82, 2.24) is 0 Å². The van der Waals surface area contributed by atoms with E-state index in [1.54, 1.807) is 6.92 Å². The number of aromatic carboxylic acids is 1. The lowest BCUT2D eigenvalue weighted by atomic mass is 10.1. The topological polar surface area (TPSA) is 104 Å². The normalized spacial score (nSPS) is 12.0. The number of halogens is 1. The summed E-state index contributed by atoms with van der Waals surface area (Å²) in [6.45, 7) is 1.83. The summed E-state index contributed by atoms with van der Waals surface area (Å²) in [5, 5.41) is 29.0. The van der Waals surface area contributed by atoms with Crippen LogP contribution in [0.25, 0.3) is 0 Å². The van der Waals surface area contributed by atoms with Crippen LogP contribution in [0.15, 0.2) is 12.1 Å². The van der Waals surface area contributed by atoms with Crippen LogP contribution in [-0.2, 0) is 0 Å². The molecule has 110 valence electrons. The number of carbonyl (C=O) groups is 1. The number of nitrogens with zero attached hydrogens (tertiary/aromatic N) is 2. The predicted octanol–water partition coefficient (Wildman–Crippen LogP) is 1.64. The van der Waals surface area contributed by atoms with Gasteiger partial charge in [-0.2, -0.15) is 0 Å². The highest BCUT2D eigenvalue weighted by Crippen LogP contribution is 2.30. The van der Waals surface area contributed by atoms with Gasteiger partial charge < -0.3 is 15.1 Å². The first-order chi connectivity index (χ1) is 9.23. The van der Waals surface area contributed by atoms with Crippen LogP contribution in [0.1, 0.15) is 23.7 Å². The Balaban J connectivity index is 3.23. The third kappa shape index (κ3) is 3.64. The van der Waals surface area contributed by atoms with E-state index in [4.69, 9.17) is 5.11 Å². The average Bonchev–Trinajstić information content (AvgIpc) is 2.34. The number of rotatable bonds is 6. The lowest BCUT2D eigenvalue weighted by Crippen LogP contribution is -2.23. The maximum absolute atomic E-state index is 13.5. The first-order valence-corrected chi connectivity index (χ1v) is 5.84. The van der Waals surface area contributed by atoms with Crippen molar-refractivity contribution in [2.45, 2.75) is 19.4 Å². The summed E-state index contributed by atoms with van der Waals surface area (Å²) in [7, 11) is 1.51. The highest BCUT2D eigenvalue weighted by molar-refractivity contribution is 5.90. The second kappa shape index (κ2) is 6.29. The summed E-state index contributed by atoms with van der Waals surface area (Å²) in [5.41, 5.74) is -1.15. The molecule has 0 saturated carbocycles. The molecule has 8 heteroatoms. The molecular formula is C12H15FN2O5. The van der Waals surface area contributed by atoms with Gasteiger partial charge in [0.2, 0.25) is 0 Å². The zero-order valence-corrected chi connectivity index (χ0v) is 11.0. The quantitative estimate of drug-likeness (QED) is 0.608. The van der Waals surface area contributed by atoms with Gasteiger partial charge in [0.15, 0.2) is 0 Å². The highest BCUT2D eigenvalue weighted by Gasteiger charge is 2.23. The number of carboxylic acids is 1. The molecule has 1 unspecified atom stereocenters. The van der Waals surface area contributed by atoms with E-state index in [-0.39, 0.29) is 12.2 Å². The van der Waals surface area contributed by atoms with Crippen molar-refractivity contribution in [3.63, 3.8) is 0 Å². The van der Waals surface area contributed by atoms with Crippen LogP contribution < -0.4 is 4.90 Å². The van der Waals surface area contributed by atoms with Crippen LogP contribution >= 0.6 is 0 Å². The van der Waals surface area contributed by atoms with Gasteiger partial charge in [0.25, 0.3) is 5.69 Å². The molecule has 0 amide bonds. The van der Waals surface area contributed by atoms with E-state index in [9.17, 15) is 24.4 Å². The van der Waals surface area contributed by atoms with Crippen molar-refractivity contribution < 1.29 is 24.3 Å². The molecule has 0 aliphatic carbocycles. The molecular weight excluding hydrogens is 271 g/mol. The van der Waals surface area contributed by atoms with Crippen LogP contribution in [-0.4, -0.2) is 40.8 Å². The van der Waals surface area contributed by atoms with E-state index < -0.39 is 34.1 Å². The molecule has 1 rings (SSSR count). The fourth-order valence-corrected chi connectivity index (χ4v) is 1.67. The van der Waals surface area contributed by atoms with Crippen molar-refractivity contribution in [2.75, 3.05) is 18.5 Å². The standard InChI is InChI=1S/C12H15FN2O5/c1-7(16)3-4-14(2)10-5-8(12(17)18)9(13)6-11(10)15(19)20/h5-7,16H,3-4H2,1-2H3,(H,17,18). The van der Waals surface area contributed by atoms with Crippen molar-refractivity contribution in [1.29, 1.82) is 0 Å². The van der Waals surface area contributed by atoms with Gasteiger partial charge in [-0.3, -0.25) is 10.1 Å². The fourth-order valence-electron chi connectivity index (χ4n) is 1.67. The molecule has 7 nitrogen and oxygen atoms in total. The molecule has 0 aromatic heterocycles. The minimum absolute atomic E-state index is 0.00514. The van der Waals surface area contributed by atoms with Crippen LogP contribution in [0, 0.1) is 15.9 Å². The Morgan fingerprint density at radius 3 is 2.60 bits per heavy atom. The van der Waals surface area contributed by atoms with Gasteiger partial charge in [-0.1, -0.05) is 0 Å². The van der Waals surface area contributed by atoms with E-state index in [0.29, 0.717) is 12.5 Å². The molecule has 0 heterocycles. The maximum atomic E-state index is 13.5. The van der Waals surface area contributed by atoms with Gasteiger partial charge in [0, 0.05) is 13.6 Å². The molecule has 0 aliphatic rings. The largest absolute Gasteiger partial charge is 0.478 e. The van der Waals surface area contributed by atoms with E-state index in [0.717, 1.165) is 6.07 Å². The number of nitro groups is 1. The van der Waals surface area contributed by atoms with Gasteiger partial charge >= 0.3 is 5.97 Å². The minimum atomic E-state index is -1.50. The number of anilines is 1. The molecule has 0 fully saturated rings. The van der Waals surface area contributed by atoms with Gasteiger partial charge in [-0.15, -0.1) is 0 Å². The predicted molar refractivity (Wildman–Crippen MR) is 69.6 cm³/mol. The van der Waals surface area contributed by atoms with Crippen LogP contribution in [0.5, 0.6) is 0 Å². The Morgan fingerprint density at radius 1 is 1.55 bits per heavy atom. The molecule has 0 radical (unpaired) electrons. The Labute approximate surface area is 114 Å². The smallest absolute Gasteiger partial charge is 0.338 e. The second-order valence-electron chi connectivity index (χ2n) is 4.44. The zero-order chi connectivity index (χ0) is 15.4. The number of carboxylic acid groups (broad SMARTS) is 1. The molecule has 0 aliphatic heterocycles. The summed E-state index contributed by atoms with van der Waals surface area (Å²) in [6, 6.07) is 1.52. The van der Waals surface area contributed by atoms with Crippen molar-refractivity contribution in [2.24, 2.45) is 0 Å². The van der Waals surface area contributed by atoms with Gasteiger partial charge in [0.05, 0.1) is 22.7 Å². The maximum Gasteiger partial charge on any atom is 0.338 e. The van der Waals surface area contributed by atoms with E-state index >= 15 is 0 Å². The van der Waals surface area contributed by atoms with Gasteiger partial charge in [-0.25, -0.2) is 9.18 Å². The summed E-state index contributed by atoms with van der Waals surface area (Å²) in [6.07, 6.45) is -0.260. The molecule has 0 spiro atoms. The summed E-state index contributed by atoms with van der Waals surface area (Å²) >= 11 is 0. The third-order valence-corrected chi connectivity index (χ3v) is 2.78. The zero-order valence-electron chi connectivity index (χ0n) is 11.0. The number of aliphatic hydroxyl groups excluding tert-OH is 1. The Morgan fingerprint density at radius 2 is 2.15 bits per heavy atom. The van der Waals surface area contributed by atoms with Crippen molar-refractivity contribution in [3.8, 4) is 0 Å². The lowest BCUT2D eigenvalue weighted by molar-refractivity contribution is -0.384. The molecule has 1 aromatic carbocycles. The van der Waals surface area contributed by atoms with E-state index in [2.05, 4.69) is 0 Å². The molecule has 1 atom stereocenters. The van der Waals surface area contributed by atoms with Crippen LogP contribution in [0.2, 0.25) is 0 Å². The number of hydrogen-bond acceptors (Lipinski definition) is 5. The average molecular weight is 286 g/mol. The molecule has 1 aromatic rings. The van der Waals surface area contributed by atoms with Gasteiger partial charge in [-0.05, 0) is 19.4 Å². The van der Waals surface area contributed by atoms with Crippen molar-refractivity contribution >= 4 is 17.3 Å². The Bertz CT molecular complexity index is 533. The summed E-state index contributed by atoms with van der Waals surface area (Å²) < 4.78 is 13.5. The number of hydrogen-bond donors (Lipinski definition) is 2. The lowest BCUT2D eigenvalue weighted by Gasteiger charge is -2.20. The van der Waals surface area contributed by atoms with Crippen molar-refractivity contribution in [3.05, 3.63) is 33.6 Å². The molecule has 0 saturated heterocycles. The molecule has 20 heavy (non-hydrogen) atoms. The van der Waals surface area contributed by atoms with Crippen LogP contribution in [0.3, 0.4) is 0 Å². The first kappa shape index (κ1) is 15.8. The molecule has 2 N–H and O–H groups in total. The third-order valence-electron chi connectivity index (χ3n) is 2.78. The Hall–Kier alpha value is -2.22. The van der Waals surface area contributed by atoms with E-state index in [1.807, 2.05) is 0 Å². The van der Waals surface area contributed by atoms with E-state index in [1.165, 1.54) is 11.9 Å². The summed E-state index contributed by atoms with van der Waals surface area (Å²) in [5.74, 6) is -2.65. The fraction of sp³-hybridized carbons (Fsp3) is 0.417. The molecule has 0 bridgehead atoms. The number of benzene rings is 1. The highest BCUT2D eigenvalue weighted by atomic mass is 19.1. The SMILES string of the molecule is CC(O)CCN(C)c1cc(C(=O)O)c(F)cc1[N+](=O)[O-]. The first-order valence-electron chi connectivity index (χ1n) is 5.84. The second-order valence-corrected chi connectivity index (χ2v) is 4.44. The van der Waals surface area contributed by atoms with Crippen LogP contribution in [0.4, 0.5) is 15.8 Å².